The molecule has 0 aromatic heterocycles. The van der Waals surface area contributed by atoms with E-state index in [1.54, 1.807) is 11.8 Å². The third-order valence-corrected chi connectivity index (χ3v) is 4.28. The maximum atomic E-state index is 11.7. The van der Waals surface area contributed by atoms with Crippen LogP contribution in [-0.4, -0.2) is 17.7 Å². The average molecular weight is 330 g/mol. The number of hydrogen-bond acceptors (Lipinski definition) is 2. The molecule has 1 atom stereocenters. The van der Waals surface area contributed by atoms with Crippen molar-refractivity contribution >= 4 is 33.6 Å². The second kappa shape index (κ2) is 7.85. The zero-order valence-electron chi connectivity index (χ0n) is 11.1. The van der Waals surface area contributed by atoms with Crippen LogP contribution in [0.3, 0.4) is 0 Å². The van der Waals surface area contributed by atoms with E-state index in [1.165, 1.54) is 5.56 Å². The Bertz CT molecular complexity index is 395. The van der Waals surface area contributed by atoms with Crippen LogP contribution in [0.1, 0.15) is 26.3 Å². The molecule has 1 rings (SSSR count). The Morgan fingerprint density at radius 1 is 1.39 bits per heavy atom. The topological polar surface area (TPSA) is 29.1 Å². The Morgan fingerprint density at radius 2 is 2.11 bits per heavy atom. The van der Waals surface area contributed by atoms with E-state index in [4.69, 9.17) is 0 Å². The number of carbonyl (C=O) groups excluding carboxylic acids is 1. The third kappa shape index (κ3) is 5.91. The quantitative estimate of drug-likeness (QED) is 0.859. The Kier molecular flexibility index (Phi) is 6.79. The minimum absolute atomic E-state index is 0.121. The van der Waals surface area contributed by atoms with E-state index in [0.29, 0.717) is 11.7 Å². The molecule has 1 amide bonds. The van der Waals surface area contributed by atoms with Crippen molar-refractivity contribution in [2.24, 2.45) is 5.92 Å². The highest BCUT2D eigenvalue weighted by atomic mass is 79.9. The summed E-state index contributed by atoms with van der Waals surface area (Å²) in [6.07, 6.45) is 0. The summed E-state index contributed by atoms with van der Waals surface area (Å²) in [5.41, 5.74) is 1.24. The molecule has 18 heavy (non-hydrogen) atoms. The monoisotopic (exact) mass is 329 g/mol. The van der Waals surface area contributed by atoms with E-state index in [-0.39, 0.29) is 11.9 Å². The van der Waals surface area contributed by atoms with Crippen LogP contribution in [0.4, 0.5) is 0 Å². The summed E-state index contributed by atoms with van der Waals surface area (Å²) < 4.78 is 1.08. The van der Waals surface area contributed by atoms with Crippen LogP contribution in [0, 0.1) is 5.92 Å². The van der Waals surface area contributed by atoms with Gasteiger partial charge in [-0.15, -0.1) is 11.8 Å². The Morgan fingerprint density at radius 3 is 2.72 bits per heavy atom. The predicted molar refractivity (Wildman–Crippen MR) is 82.7 cm³/mol. The second-order valence-corrected chi connectivity index (χ2v) is 6.62. The van der Waals surface area contributed by atoms with Crippen LogP contribution >= 0.6 is 27.7 Å². The first-order valence-electron chi connectivity index (χ1n) is 6.10. The summed E-state index contributed by atoms with van der Waals surface area (Å²) >= 11 is 5.09. The predicted octanol–water partition coefficient (Wildman–Crippen LogP) is 3.84. The van der Waals surface area contributed by atoms with Crippen molar-refractivity contribution in [3.05, 3.63) is 34.3 Å². The van der Waals surface area contributed by atoms with E-state index >= 15 is 0 Å². The lowest BCUT2D eigenvalue weighted by molar-refractivity contribution is -0.119. The van der Waals surface area contributed by atoms with E-state index in [1.807, 2.05) is 19.1 Å². The molecule has 0 aliphatic heterocycles. The zero-order chi connectivity index (χ0) is 13.5. The van der Waals surface area contributed by atoms with Gasteiger partial charge < -0.3 is 5.32 Å². The lowest BCUT2D eigenvalue weighted by Gasteiger charge is -2.17. The van der Waals surface area contributed by atoms with Gasteiger partial charge in [0.15, 0.2) is 0 Å². The summed E-state index contributed by atoms with van der Waals surface area (Å²) in [4.78, 5) is 11.7. The van der Waals surface area contributed by atoms with Crippen LogP contribution in [0.2, 0.25) is 0 Å². The fourth-order valence-corrected chi connectivity index (χ4v) is 2.58. The summed E-state index contributed by atoms with van der Waals surface area (Å²) in [7, 11) is 0. The number of halogens is 1. The van der Waals surface area contributed by atoms with E-state index < -0.39 is 0 Å². The highest BCUT2D eigenvalue weighted by molar-refractivity contribution is 9.10. The molecule has 100 valence electrons. The van der Waals surface area contributed by atoms with Crippen molar-refractivity contribution in [1.29, 1.82) is 0 Å². The van der Waals surface area contributed by atoms with Crippen LogP contribution in [0.5, 0.6) is 0 Å². The van der Waals surface area contributed by atoms with Gasteiger partial charge in [0.1, 0.15) is 0 Å². The van der Waals surface area contributed by atoms with Crippen molar-refractivity contribution in [1.82, 2.24) is 5.32 Å². The first kappa shape index (κ1) is 15.6. The molecule has 2 nitrogen and oxygen atoms in total. The largest absolute Gasteiger partial charge is 0.353 e. The molecule has 0 aliphatic carbocycles. The molecular weight excluding hydrogens is 310 g/mol. The van der Waals surface area contributed by atoms with Gasteiger partial charge >= 0.3 is 0 Å². The van der Waals surface area contributed by atoms with Gasteiger partial charge in [0.05, 0.1) is 5.75 Å². The van der Waals surface area contributed by atoms with Crippen LogP contribution in [0.25, 0.3) is 0 Å². The molecule has 0 heterocycles. The summed E-state index contributed by atoms with van der Waals surface area (Å²) in [5.74, 6) is 1.98. The molecule has 0 spiro atoms. The molecule has 1 N–H and O–H groups in total. The molecule has 1 aromatic rings. The molecule has 1 unspecified atom stereocenters. The van der Waals surface area contributed by atoms with Crippen molar-refractivity contribution in [3.8, 4) is 0 Å². The van der Waals surface area contributed by atoms with Gasteiger partial charge in [-0.2, -0.15) is 0 Å². The number of benzene rings is 1. The van der Waals surface area contributed by atoms with Crippen molar-refractivity contribution in [2.75, 3.05) is 5.75 Å². The van der Waals surface area contributed by atoms with Gasteiger partial charge in [0, 0.05) is 16.3 Å². The minimum atomic E-state index is 0.121. The third-order valence-electron chi connectivity index (χ3n) is 2.78. The first-order valence-corrected chi connectivity index (χ1v) is 8.05. The van der Waals surface area contributed by atoms with Gasteiger partial charge in [-0.25, -0.2) is 0 Å². The molecule has 0 saturated heterocycles. The number of thioether (sulfide) groups is 1. The zero-order valence-corrected chi connectivity index (χ0v) is 13.5. The van der Waals surface area contributed by atoms with Gasteiger partial charge in [-0.3, -0.25) is 4.79 Å². The number of hydrogen-bond donors (Lipinski definition) is 1. The highest BCUT2D eigenvalue weighted by Gasteiger charge is 2.10. The minimum Gasteiger partial charge on any atom is -0.353 e. The van der Waals surface area contributed by atoms with Gasteiger partial charge in [0.2, 0.25) is 5.91 Å². The molecule has 1 aromatic carbocycles. The lowest BCUT2D eigenvalue weighted by Crippen LogP contribution is -2.37. The highest BCUT2D eigenvalue weighted by Crippen LogP contribution is 2.16. The van der Waals surface area contributed by atoms with Crippen LogP contribution in [0.15, 0.2) is 28.7 Å². The second-order valence-electron chi connectivity index (χ2n) is 4.72. The van der Waals surface area contributed by atoms with Crippen LogP contribution < -0.4 is 5.32 Å². The van der Waals surface area contributed by atoms with E-state index in [2.05, 4.69) is 47.2 Å². The van der Waals surface area contributed by atoms with E-state index in [9.17, 15) is 4.79 Å². The Hall–Kier alpha value is -0.480. The number of carbonyl (C=O) groups is 1. The smallest absolute Gasteiger partial charge is 0.230 e. The van der Waals surface area contributed by atoms with Gasteiger partial charge in [-0.1, -0.05) is 41.9 Å². The van der Waals surface area contributed by atoms with E-state index in [0.717, 1.165) is 10.2 Å². The summed E-state index contributed by atoms with van der Waals surface area (Å²) in [6.45, 7) is 6.26. The molecule has 0 bridgehead atoms. The van der Waals surface area contributed by atoms with Crippen molar-refractivity contribution in [3.63, 3.8) is 0 Å². The van der Waals surface area contributed by atoms with Crippen molar-refractivity contribution < 1.29 is 4.79 Å². The molecule has 0 radical (unpaired) electrons. The SMILES string of the molecule is CC(C)C(C)NC(=O)CSCc1cccc(Br)c1. The molecule has 4 heteroatoms. The summed E-state index contributed by atoms with van der Waals surface area (Å²) in [6, 6.07) is 8.42. The average Bonchev–Trinajstić information content (AvgIpc) is 2.28. The molecule has 0 aliphatic rings. The summed E-state index contributed by atoms with van der Waals surface area (Å²) in [5, 5.41) is 3.01. The maximum Gasteiger partial charge on any atom is 0.230 e. The number of nitrogens with one attached hydrogen (secondary N) is 1. The molecule has 0 saturated carbocycles. The maximum absolute atomic E-state index is 11.7. The number of amides is 1. The van der Waals surface area contributed by atoms with Gasteiger partial charge in [-0.05, 0) is 30.5 Å². The van der Waals surface area contributed by atoms with Crippen molar-refractivity contribution in [2.45, 2.75) is 32.6 Å². The Labute approximate surface area is 122 Å². The molecule has 0 fully saturated rings. The Balaban J connectivity index is 2.27. The number of rotatable bonds is 6. The fourth-order valence-electron chi connectivity index (χ4n) is 1.35. The molecular formula is C14H20BrNOS. The lowest BCUT2D eigenvalue weighted by atomic mass is 10.1. The van der Waals surface area contributed by atoms with Crippen LogP contribution in [-0.2, 0) is 10.5 Å². The standard InChI is InChI=1S/C14H20BrNOS/c1-10(2)11(3)16-14(17)9-18-8-12-5-4-6-13(15)7-12/h4-7,10-11H,8-9H2,1-3H3,(H,16,17). The van der Waals surface area contributed by atoms with Gasteiger partial charge in [0.25, 0.3) is 0 Å². The normalized spacial score (nSPS) is 12.5. The fraction of sp³-hybridized carbons (Fsp3) is 0.500. The first-order chi connectivity index (χ1) is 8.49.